The predicted molar refractivity (Wildman–Crippen MR) is 96.0 cm³/mol. The molecule has 0 bridgehead atoms. The smallest absolute Gasteiger partial charge is 0.194 e. The Morgan fingerprint density at radius 1 is 1.42 bits per heavy atom. The molecule has 0 aliphatic carbocycles. The summed E-state index contributed by atoms with van der Waals surface area (Å²) in [4.78, 5) is 7.03. The van der Waals surface area contributed by atoms with E-state index >= 15 is 0 Å². The zero-order chi connectivity index (χ0) is 13.2. The third-order valence-corrected chi connectivity index (χ3v) is 4.30. The lowest BCUT2D eigenvalue weighted by Gasteiger charge is -2.34. The van der Waals surface area contributed by atoms with Gasteiger partial charge in [0.05, 0.1) is 13.2 Å². The van der Waals surface area contributed by atoms with Crippen LogP contribution in [0.2, 0.25) is 0 Å². The van der Waals surface area contributed by atoms with Crippen LogP contribution in [0.3, 0.4) is 0 Å². The molecule has 19 heavy (non-hydrogen) atoms. The Labute approximate surface area is 139 Å². The molecular formula is C13H28IN3OS. The van der Waals surface area contributed by atoms with E-state index in [2.05, 4.69) is 40.8 Å². The van der Waals surface area contributed by atoms with Gasteiger partial charge in [-0.2, -0.15) is 11.8 Å². The van der Waals surface area contributed by atoms with Crippen LogP contribution in [0.25, 0.3) is 0 Å². The van der Waals surface area contributed by atoms with Crippen molar-refractivity contribution in [2.45, 2.75) is 32.4 Å². The number of thioether (sulfide) groups is 1. The maximum Gasteiger partial charge on any atom is 0.194 e. The number of aliphatic imine (C=N–C) groups is 1. The van der Waals surface area contributed by atoms with Crippen LogP contribution in [0.1, 0.15) is 27.2 Å². The molecule has 1 fully saturated rings. The molecule has 1 aliphatic heterocycles. The van der Waals surface area contributed by atoms with Crippen molar-refractivity contribution < 1.29 is 4.74 Å². The van der Waals surface area contributed by atoms with Gasteiger partial charge in [-0.25, -0.2) is 0 Å². The average molecular weight is 401 g/mol. The normalized spacial score (nSPS) is 20.1. The summed E-state index contributed by atoms with van der Waals surface area (Å²) in [5.41, 5.74) is 0. The highest BCUT2D eigenvalue weighted by molar-refractivity contribution is 14.0. The average Bonchev–Trinajstić information content (AvgIpc) is 2.42. The highest BCUT2D eigenvalue weighted by atomic mass is 127. The molecule has 0 saturated carbocycles. The number of hydrogen-bond donors (Lipinski definition) is 1. The summed E-state index contributed by atoms with van der Waals surface area (Å²) in [5, 5.41) is 4.13. The number of hydrogen-bond acceptors (Lipinski definition) is 3. The lowest BCUT2D eigenvalue weighted by molar-refractivity contribution is 0.155. The Hall–Kier alpha value is 0.310. The highest BCUT2D eigenvalue weighted by Crippen LogP contribution is 2.20. The van der Waals surface area contributed by atoms with Gasteiger partial charge >= 0.3 is 0 Å². The van der Waals surface area contributed by atoms with E-state index in [1.54, 1.807) is 0 Å². The Morgan fingerprint density at radius 2 is 2.21 bits per heavy atom. The first kappa shape index (κ1) is 19.3. The summed E-state index contributed by atoms with van der Waals surface area (Å²) in [5.74, 6) is 2.25. The summed E-state index contributed by atoms with van der Waals surface area (Å²) >= 11 is 2.09. The van der Waals surface area contributed by atoms with E-state index in [4.69, 9.17) is 4.74 Å². The molecule has 1 N–H and O–H groups in total. The molecule has 1 aliphatic rings. The van der Waals surface area contributed by atoms with Crippen LogP contribution < -0.4 is 5.32 Å². The topological polar surface area (TPSA) is 36.9 Å². The van der Waals surface area contributed by atoms with Crippen LogP contribution in [-0.4, -0.2) is 61.3 Å². The van der Waals surface area contributed by atoms with Crippen LogP contribution >= 0.6 is 35.7 Å². The fourth-order valence-electron chi connectivity index (χ4n) is 1.94. The fourth-order valence-corrected chi connectivity index (χ4v) is 3.13. The van der Waals surface area contributed by atoms with Gasteiger partial charge < -0.3 is 15.0 Å². The van der Waals surface area contributed by atoms with Crippen LogP contribution in [0.5, 0.6) is 0 Å². The Morgan fingerprint density at radius 3 is 2.84 bits per heavy atom. The van der Waals surface area contributed by atoms with E-state index in [0.717, 1.165) is 44.0 Å². The Balaban J connectivity index is 0.00000324. The van der Waals surface area contributed by atoms with Crippen molar-refractivity contribution in [3.05, 3.63) is 0 Å². The Bertz CT molecular complexity index is 254. The van der Waals surface area contributed by atoms with Gasteiger partial charge in [0, 0.05) is 37.2 Å². The zero-order valence-electron chi connectivity index (χ0n) is 12.4. The molecule has 6 heteroatoms. The molecule has 0 spiro atoms. The molecule has 0 amide bonds. The van der Waals surface area contributed by atoms with Gasteiger partial charge in [-0.1, -0.05) is 6.92 Å². The van der Waals surface area contributed by atoms with Gasteiger partial charge in [0.1, 0.15) is 0 Å². The number of nitrogens with one attached hydrogen (secondary N) is 1. The van der Waals surface area contributed by atoms with E-state index in [0.29, 0.717) is 6.61 Å². The molecule has 0 aromatic heterocycles. The maximum absolute atomic E-state index is 5.33. The predicted octanol–water partition coefficient (Wildman–Crippen LogP) is 2.43. The van der Waals surface area contributed by atoms with Crippen molar-refractivity contribution in [3.63, 3.8) is 0 Å². The van der Waals surface area contributed by atoms with Gasteiger partial charge in [0.25, 0.3) is 0 Å². The van der Waals surface area contributed by atoms with E-state index in [1.165, 1.54) is 12.2 Å². The highest BCUT2D eigenvalue weighted by Gasteiger charge is 2.21. The maximum atomic E-state index is 5.33. The van der Waals surface area contributed by atoms with Crippen LogP contribution in [0, 0.1) is 0 Å². The van der Waals surface area contributed by atoms with Gasteiger partial charge in [-0.05, 0) is 20.3 Å². The van der Waals surface area contributed by atoms with Crippen molar-refractivity contribution in [2.75, 3.05) is 45.1 Å². The first-order valence-corrected chi connectivity index (χ1v) is 8.09. The monoisotopic (exact) mass is 401 g/mol. The molecule has 0 radical (unpaired) electrons. The Kier molecular flexibility index (Phi) is 12.3. The summed E-state index contributed by atoms with van der Waals surface area (Å²) < 4.78 is 5.33. The van der Waals surface area contributed by atoms with E-state index < -0.39 is 0 Å². The number of ether oxygens (including phenoxy) is 1. The zero-order valence-corrected chi connectivity index (χ0v) is 15.5. The van der Waals surface area contributed by atoms with E-state index in [1.807, 2.05) is 6.92 Å². The quantitative estimate of drug-likeness (QED) is 0.321. The largest absolute Gasteiger partial charge is 0.380 e. The molecular weight excluding hydrogens is 373 g/mol. The summed E-state index contributed by atoms with van der Waals surface area (Å²) in [6.45, 7) is 11.8. The number of rotatable bonds is 6. The summed E-state index contributed by atoms with van der Waals surface area (Å²) in [6, 6.07) is 0. The van der Waals surface area contributed by atoms with Crippen LogP contribution in [0.4, 0.5) is 0 Å². The van der Waals surface area contributed by atoms with Gasteiger partial charge in [0.15, 0.2) is 5.96 Å². The second-order valence-electron chi connectivity index (χ2n) is 4.28. The first-order chi connectivity index (χ1) is 8.81. The van der Waals surface area contributed by atoms with Gasteiger partial charge in [0.2, 0.25) is 0 Å². The summed E-state index contributed by atoms with van der Waals surface area (Å²) in [7, 11) is 0. The van der Waals surface area contributed by atoms with Crippen LogP contribution in [0.15, 0.2) is 4.99 Å². The minimum Gasteiger partial charge on any atom is -0.380 e. The molecule has 4 nitrogen and oxygen atoms in total. The molecule has 1 saturated heterocycles. The third-order valence-electron chi connectivity index (χ3n) is 2.93. The molecule has 114 valence electrons. The van der Waals surface area contributed by atoms with Crippen molar-refractivity contribution in [3.8, 4) is 0 Å². The fraction of sp³-hybridized carbons (Fsp3) is 0.923. The first-order valence-electron chi connectivity index (χ1n) is 7.04. The van der Waals surface area contributed by atoms with Crippen LogP contribution in [-0.2, 0) is 4.74 Å². The third kappa shape index (κ3) is 7.60. The van der Waals surface area contributed by atoms with Crippen molar-refractivity contribution in [1.82, 2.24) is 10.2 Å². The van der Waals surface area contributed by atoms with Gasteiger partial charge in [-0.15, -0.1) is 24.0 Å². The van der Waals surface area contributed by atoms with E-state index in [-0.39, 0.29) is 24.0 Å². The molecule has 1 heterocycles. The van der Waals surface area contributed by atoms with E-state index in [9.17, 15) is 0 Å². The van der Waals surface area contributed by atoms with Gasteiger partial charge in [-0.3, -0.25) is 4.99 Å². The second-order valence-corrected chi connectivity index (χ2v) is 5.69. The van der Waals surface area contributed by atoms with Crippen molar-refractivity contribution in [2.24, 2.45) is 4.99 Å². The molecule has 0 aromatic carbocycles. The minimum absolute atomic E-state index is 0. The molecule has 1 atom stereocenters. The van der Waals surface area contributed by atoms with Crippen molar-refractivity contribution >= 4 is 41.7 Å². The molecule has 1 unspecified atom stereocenters. The molecule has 0 aromatic rings. The number of halogens is 1. The lowest BCUT2D eigenvalue weighted by atomic mass is 10.3. The standard InChI is InChI=1S/C13H27N3OS.HI/c1-4-12-11-16(8-10-18-12)13(14-5-2)15-7-9-17-6-3;/h12H,4-11H2,1-3H3,(H,14,15);1H. The number of guanidine groups is 1. The SMILES string of the molecule is CCNC(=NCCOCC)N1CCSC(CC)C1.I. The second kappa shape index (κ2) is 12.1. The lowest BCUT2D eigenvalue weighted by Crippen LogP contribution is -2.48. The number of nitrogens with zero attached hydrogens (tertiary/aromatic N) is 2. The van der Waals surface area contributed by atoms with Crippen molar-refractivity contribution in [1.29, 1.82) is 0 Å². The minimum atomic E-state index is 0. The molecule has 1 rings (SSSR count). The summed E-state index contributed by atoms with van der Waals surface area (Å²) in [6.07, 6.45) is 1.24.